The summed E-state index contributed by atoms with van der Waals surface area (Å²) in [4.78, 5) is 11.7. The SMILES string of the molecule is Cc1ccc(-c2c(C)[nH]n(C)c2=O)o1. The molecule has 0 saturated carbocycles. The Morgan fingerprint density at radius 1 is 1.36 bits per heavy atom. The topological polar surface area (TPSA) is 50.9 Å². The van der Waals surface area contributed by atoms with Crippen LogP contribution in [0, 0.1) is 13.8 Å². The van der Waals surface area contributed by atoms with E-state index in [4.69, 9.17) is 4.42 Å². The lowest BCUT2D eigenvalue weighted by Gasteiger charge is -1.90. The van der Waals surface area contributed by atoms with E-state index in [1.54, 1.807) is 7.05 Å². The van der Waals surface area contributed by atoms with Crippen molar-refractivity contribution in [3.63, 3.8) is 0 Å². The van der Waals surface area contributed by atoms with Gasteiger partial charge >= 0.3 is 0 Å². The minimum Gasteiger partial charge on any atom is -0.461 e. The minimum absolute atomic E-state index is 0.0585. The van der Waals surface area contributed by atoms with Crippen molar-refractivity contribution >= 4 is 0 Å². The first kappa shape index (κ1) is 8.87. The van der Waals surface area contributed by atoms with Crippen LogP contribution < -0.4 is 5.56 Å². The van der Waals surface area contributed by atoms with Gasteiger partial charge in [0.2, 0.25) is 0 Å². The Morgan fingerprint density at radius 2 is 2.07 bits per heavy atom. The number of nitrogens with zero attached hydrogens (tertiary/aromatic N) is 1. The number of nitrogens with one attached hydrogen (secondary N) is 1. The van der Waals surface area contributed by atoms with Crippen LogP contribution in [0.3, 0.4) is 0 Å². The molecule has 0 aliphatic carbocycles. The zero-order valence-corrected chi connectivity index (χ0v) is 8.42. The maximum absolute atomic E-state index is 11.7. The van der Waals surface area contributed by atoms with Crippen LogP contribution in [0.15, 0.2) is 21.3 Å². The van der Waals surface area contributed by atoms with Gasteiger partial charge in [0.25, 0.3) is 5.56 Å². The second-order valence-electron chi connectivity index (χ2n) is 3.39. The van der Waals surface area contributed by atoms with Gasteiger partial charge in [-0.1, -0.05) is 0 Å². The van der Waals surface area contributed by atoms with Gasteiger partial charge in [0.05, 0.1) is 0 Å². The lowest BCUT2D eigenvalue weighted by Crippen LogP contribution is -2.12. The molecule has 0 amide bonds. The predicted molar refractivity (Wildman–Crippen MR) is 53.2 cm³/mol. The first-order chi connectivity index (χ1) is 6.59. The molecule has 0 spiro atoms. The van der Waals surface area contributed by atoms with Crippen molar-refractivity contribution in [2.75, 3.05) is 0 Å². The van der Waals surface area contributed by atoms with Crippen molar-refractivity contribution in [3.8, 4) is 11.3 Å². The van der Waals surface area contributed by atoms with Gasteiger partial charge < -0.3 is 4.42 Å². The highest BCUT2D eigenvalue weighted by molar-refractivity contribution is 5.59. The van der Waals surface area contributed by atoms with Crippen molar-refractivity contribution in [1.29, 1.82) is 0 Å². The third-order valence-electron chi connectivity index (χ3n) is 2.22. The Hall–Kier alpha value is -1.71. The summed E-state index contributed by atoms with van der Waals surface area (Å²) in [5.74, 6) is 1.43. The summed E-state index contributed by atoms with van der Waals surface area (Å²) in [6.07, 6.45) is 0. The van der Waals surface area contributed by atoms with E-state index in [0.29, 0.717) is 11.3 Å². The van der Waals surface area contributed by atoms with E-state index >= 15 is 0 Å². The first-order valence-electron chi connectivity index (χ1n) is 4.42. The largest absolute Gasteiger partial charge is 0.461 e. The highest BCUT2D eigenvalue weighted by atomic mass is 16.3. The van der Waals surface area contributed by atoms with Gasteiger partial charge in [0.1, 0.15) is 17.1 Å². The Balaban J connectivity index is 2.67. The number of aromatic amines is 1. The average molecular weight is 192 g/mol. The summed E-state index contributed by atoms with van der Waals surface area (Å²) >= 11 is 0. The van der Waals surface area contributed by atoms with Gasteiger partial charge in [-0.15, -0.1) is 0 Å². The van der Waals surface area contributed by atoms with Crippen LogP contribution in [0.2, 0.25) is 0 Å². The number of rotatable bonds is 1. The predicted octanol–water partition coefficient (Wildman–Crippen LogP) is 1.59. The summed E-state index contributed by atoms with van der Waals surface area (Å²) in [6.45, 7) is 3.71. The summed E-state index contributed by atoms with van der Waals surface area (Å²) in [6, 6.07) is 3.66. The number of aromatic nitrogens is 2. The second kappa shape index (κ2) is 2.90. The summed E-state index contributed by atoms with van der Waals surface area (Å²) in [5, 5.41) is 2.93. The molecule has 4 heteroatoms. The first-order valence-corrected chi connectivity index (χ1v) is 4.42. The quantitative estimate of drug-likeness (QED) is 0.745. The van der Waals surface area contributed by atoms with E-state index in [9.17, 15) is 4.79 Å². The van der Waals surface area contributed by atoms with E-state index in [2.05, 4.69) is 5.10 Å². The standard InChI is InChI=1S/C10H12N2O2/c1-6-4-5-8(14-6)9-7(2)11-12(3)10(9)13/h4-5,11H,1-3H3. The van der Waals surface area contributed by atoms with Crippen LogP contribution in [0.5, 0.6) is 0 Å². The van der Waals surface area contributed by atoms with Gasteiger partial charge in [0.15, 0.2) is 0 Å². The molecule has 0 bridgehead atoms. The Morgan fingerprint density at radius 3 is 2.50 bits per heavy atom. The molecule has 74 valence electrons. The molecule has 0 saturated heterocycles. The molecule has 4 nitrogen and oxygen atoms in total. The Bertz CT molecular complexity index is 516. The van der Waals surface area contributed by atoms with Crippen molar-refractivity contribution in [3.05, 3.63) is 33.9 Å². The normalized spacial score (nSPS) is 10.8. The molecule has 2 aromatic heterocycles. The lowest BCUT2D eigenvalue weighted by molar-refractivity contribution is 0.547. The molecule has 0 aliphatic rings. The van der Waals surface area contributed by atoms with Crippen molar-refractivity contribution in [2.24, 2.45) is 7.05 Å². The Labute approximate surface area is 81.1 Å². The fraction of sp³-hybridized carbons (Fsp3) is 0.300. The lowest BCUT2D eigenvalue weighted by atomic mass is 10.2. The van der Waals surface area contributed by atoms with Gasteiger partial charge in [-0.3, -0.25) is 14.6 Å². The van der Waals surface area contributed by atoms with E-state index in [1.165, 1.54) is 4.68 Å². The van der Waals surface area contributed by atoms with Crippen LogP contribution in [0.1, 0.15) is 11.5 Å². The molecule has 0 radical (unpaired) electrons. The van der Waals surface area contributed by atoms with Crippen LogP contribution in [0.4, 0.5) is 0 Å². The number of hydrogen-bond acceptors (Lipinski definition) is 2. The van der Waals surface area contributed by atoms with Gasteiger partial charge in [0, 0.05) is 12.7 Å². The van der Waals surface area contributed by atoms with Crippen LogP contribution >= 0.6 is 0 Å². The van der Waals surface area contributed by atoms with Crippen molar-refractivity contribution in [1.82, 2.24) is 9.78 Å². The fourth-order valence-electron chi connectivity index (χ4n) is 1.55. The van der Waals surface area contributed by atoms with Crippen LogP contribution in [0.25, 0.3) is 11.3 Å². The highest BCUT2D eigenvalue weighted by Crippen LogP contribution is 2.20. The zero-order chi connectivity index (χ0) is 10.3. The van der Waals surface area contributed by atoms with Crippen molar-refractivity contribution in [2.45, 2.75) is 13.8 Å². The molecule has 0 fully saturated rings. The minimum atomic E-state index is -0.0585. The molecule has 14 heavy (non-hydrogen) atoms. The number of aryl methyl sites for hydroxylation is 3. The third-order valence-corrected chi connectivity index (χ3v) is 2.22. The molecule has 0 aliphatic heterocycles. The maximum Gasteiger partial charge on any atom is 0.277 e. The monoisotopic (exact) mass is 192 g/mol. The van der Waals surface area contributed by atoms with Crippen LogP contribution in [-0.4, -0.2) is 9.78 Å². The molecular formula is C10H12N2O2. The summed E-state index contributed by atoms with van der Waals surface area (Å²) in [5.41, 5.74) is 1.38. The van der Waals surface area contributed by atoms with Crippen LogP contribution in [-0.2, 0) is 7.05 Å². The molecule has 2 rings (SSSR count). The average Bonchev–Trinajstić information content (AvgIpc) is 2.60. The van der Waals surface area contributed by atoms with Crippen molar-refractivity contribution < 1.29 is 4.42 Å². The fourth-order valence-corrected chi connectivity index (χ4v) is 1.55. The number of hydrogen-bond donors (Lipinski definition) is 1. The molecule has 0 aromatic carbocycles. The molecular weight excluding hydrogens is 180 g/mol. The Kier molecular flexibility index (Phi) is 1.84. The number of H-pyrrole nitrogens is 1. The van der Waals surface area contributed by atoms with E-state index < -0.39 is 0 Å². The van der Waals surface area contributed by atoms with E-state index in [1.807, 2.05) is 26.0 Å². The maximum atomic E-state index is 11.7. The van der Waals surface area contributed by atoms with Gasteiger partial charge in [-0.05, 0) is 26.0 Å². The molecule has 2 heterocycles. The smallest absolute Gasteiger partial charge is 0.277 e. The van der Waals surface area contributed by atoms with E-state index in [0.717, 1.165) is 11.5 Å². The van der Waals surface area contributed by atoms with Gasteiger partial charge in [-0.25, -0.2) is 0 Å². The summed E-state index contributed by atoms with van der Waals surface area (Å²) < 4.78 is 6.86. The van der Waals surface area contributed by atoms with Gasteiger partial charge in [-0.2, -0.15) is 0 Å². The highest BCUT2D eigenvalue weighted by Gasteiger charge is 2.13. The second-order valence-corrected chi connectivity index (χ2v) is 3.39. The number of furan rings is 1. The molecule has 1 N–H and O–H groups in total. The molecule has 0 unspecified atom stereocenters. The molecule has 2 aromatic rings. The zero-order valence-electron chi connectivity index (χ0n) is 8.42. The molecule has 0 atom stereocenters. The van der Waals surface area contributed by atoms with E-state index in [-0.39, 0.29) is 5.56 Å². The summed E-state index contributed by atoms with van der Waals surface area (Å²) in [7, 11) is 1.69. The third kappa shape index (κ3) is 1.19.